The number of nitro groups is 1. The molecule has 0 radical (unpaired) electrons. The highest BCUT2D eigenvalue weighted by atomic mass is 16.6. The van der Waals surface area contributed by atoms with Gasteiger partial charge in [-0.15, -0.1) is 0 Å². The summed E-state index contributed by atoms with van der Waals surface area (Å²) in [5, 5.41) is 16.6. The standard InChI is InChI=1S/C12H15N3O3/c1-8-4-10(2-3-11(8)15(17)18)12(16)14-7-9-5-13-6-9/h2-4,9,13H,5-7H2,1H3,(H,14,16). The van der Waals surface area contributed by atoms with Crippen molar-refractivity contribution in [2.75, 3.05) is 19.6 Å². The summed E-state index contributed by atoms with van der Waals surface area (Å²) in [7, 11) is 0. The normalized spacial score (nSPS) is 14.9. The first-order valence-electron chi connectivity index (χ1n) is 5.82. The number of nitro benzene ring substituents is 1. The van der Waals surface area contributed by atoms with Crippen molar-refractivity contribution in [3.63, 3.8) is 0 Å². The molecule has 0 aromatic heterocycles. The lowest BCUT2D eigenvalue weighted by molar-refractivity contribution is -0.385. The van der Waals surface area contributed by atoms with E-state index in [4.69, 9.17) is 0 Å². The van der Waals surface area contributed by atoms with Gasteiger partial charge in [0.15, 0.2) is 0 Å². The van der Waals surface area contributed by atoms with Crippen LogP contribution in [-0.4, -0.2) is 30.5 Å². The van der Waals surface area contributed by atoms with E-state index in [0.717, 1.165) is 13.1 Å². The minimum atomic E-state index is -0.447. The lowest BCUT2D eigenvalue weighted by Gasteiger charge is -2.27. The van der Waals surface area contributed by atoms with Crippen molar-refractivity contribution in [2.24, 2.45) is 5.92 Å². The van der Waals surface area contributed by atoms with E-state index in [9.17, 15) is 14.9 Å². The van der Waals surface area contributed by atoms with Crippen LogP contribution in [0, 0.1) is 23.0 Å². The molecule has 96 valence electrons. The van der Waals surface area contributed by atoms with Gasteiger partial charge in [0.1, 0.15) is 0 Å². The molecule has 2 N–H and O–H groups in total. The van der Waals surface area contributed by atoms with Crippen LogP contribution in [0.4, 0.5) is 5.69 Å². The summed E-state index contributed by atoms with van der Waals surface area (Å²) in [6.45, 7) is 4.13. The van der Waals surface area contributed by atoms with Crippen LogP contribution in [0.5, 0.6) is 0 Å². The topological polar surface area (TPSA) is 84.3 Å². The smallest absolute Gasteiger partial charge is 0.272 e. The Hall–Kier alpha value is -1.95. The van der Waals surface area contributed by atoms with Crippen LogP contribution < -0.4 is 10.6 Å². The van der Waals surface area contributed by atoms with Crippen molar-refractivity contribution in [1.82, 2.24) is 10.6 Å². The van der Waals surface area contributed by atoms with Gasteiger partial charge in [-0.3, -0.25) is 14.9 Å². The Morgan fingerprint density at radius 2 is 2.28 bits per heavy atom. The molecule has 1 amide bonds. The number of hydrogen-bond donors (Lipinski definition) is 2. The Labute approximate surface area is 105 Å². The number of carbonyl (C=O) groups excluding carboxylic acids is 1. The maximum absolute atomic E-state index is 11.8. The zero-order valence-corrected chi connectivity index (χ0v) is 10.1. The molecule has 6 heteroatoms. The summed E-state index contributed by atoms with van der Waals surface area (Å²) < 4.78 is 0. The lowest BCUT2D eigenvalue weighted by Crippen LogP contribution is -2.48. The fourth-order valence-electron chi connectivity index (χ4n) is 1.83. The number of rotatable bonds is 4. The molecule has 1 aliphatic rings. The summed E-state index contributed by atoms with van der Waals surface area (Å²) in [5.74, 6) is 0.313. The number of carbonyl (C=O) groups is 1. The first-order chi connectivity index (χ1) is 8.58. The summed E-state index contributed by atoms with van der Waals surface area (Å²) in [6, 6.07) is 4.40. The van der Waals surface area contributed by atoms with Crippen LogP contribution >= 0.6 is 0 Å². The van der Waals surface area contributed by atoms with Crippen LogP contribution in [0.15, 0.2) is 18.2 Å². The maximum atomic E-state index is 11.8. The molecule has 0 unspecified atom stereocenters. The van der Waals surface area contributed by atoms with E-state index in [1.54, 1.807) is 13.0 Å². The van der Waals surface area contributed by atoms with Crippen LogP contribution in [0.1, 0.15) is 15.9 Å². The Morgan fingerprint density at radius 1 is 1.56 bits per heavy atom. The van der Waals surface area contributed by atoms with E-state index in [1.807, 2.05) is 0 Å². The third-order valence-electron chi connectivity index (χ3n) is 3.07. The predicted molar refractivity (Wildman–Crippen MR) is 66.5 cm³/mol. The zero-order chi connectivity index (χ0) is 13.1. The second kappa shape index (κ2) is 5.14. The first-order valence-corrected chi connectivity index (χ1v) is 5.82. The monoisotopic (exact) mass is 249 g/mol. The molecule has 0 aliphatic carbocycles. The molecule has 1 saturated heterocycles. The summed E-state index contributed by atoms with van der Waals surface area (Å²) in [6.07, 6.45) is 0. The molecule has 1 heterocycles. The average Bonchev–Trinajstić information content (AvgIpc) is 2.26. The lowest BCUT2D eigenvalue weighted by atomic mass is 10.0. The van der Waals surface area contributed by atoms with Crippen LogP contribution in [-0.2, 0) is 0 Å². The van der Waals surface area contributed by atoms with Gasteiger partial charge in [0.25, 0.3) is 11.6 Å². The third-order valence-corrected chi connectivity index (χ3v) is 3.07. The molecule has 0 atom stereocenters. The van der Waals surface area contributed by atoms with Crippen molar-refractivity contribution in [1.29, 1.82) is 0 Å². The van der Waals surface area contributed by atoms with Crippen LogP contribution in [0.2, 0.25) is 0 Å². The molecule has 6 nitrogen and oxygen atoms in total. The van der Waals surface area contributed by atoms with E-state index in [2.05, 4.69) is 10.6 Å². The van der Waals surface area contributed by atoms with Crippen LogP contribution in [0.25, 0.3) is 0 Å². The Balaban J connectivity index is 2.01. The van der Waals surface area contributed by atoms with Crippen molar-refractivity contribution < 1.29 is 9.72 Å². The highest BCUT2D eigenvalue weighted by Gasteiger charge is 2.18. The van der Waals surface area contributed by atoms with Gasteiger partial charge in [0.2, 0.25) is 0 Å². The molecule has 1 fully saturated rings. The molecule has 2 rings (SSSR count). The molecular formula is C12H15N3O3. The number of hydrogen-bond acceptors (Lipinski definition) is 4. The van der Waals surface area contributed by atoms with Gasteiger partial charge in [-0.2, -0.15) is 0 Å². The molecule has 18 heavy (non-hydrogen) atoms. The number of nitrogens with one attached hydrogen (secondary N) is 2. The second-order valence-corrected chi connectivity index (χ2v) is 4.49. The van der Waals surface area contributed by atoms with Gasteiger partial charge >= 0.3 is 0 Å². The van der Waals surface area contributed by atoms with Crippen molar-refractivity contribution in [2.45, 2.75) is 6.92 Å². The van der Waals surface area contributed by atoms with E-state index < -0.39 is 4.92 Å². The predicted octanol–water partition coefficient (Wildman–Crippen LogP) is 0.852. The van der Waals surface area contributed by atoms with Gasteiger partial charge < -0.3 is 10.6 Å². The van der Waals surface area contributed by atoms with Gasteiger partial charge in [-0.1, -0.05) is 0 Å². The number of benzene rings is 1. The molecular weight excluding hydrogens is 234 g/mol. The quantitative estimate of drug-likeness (QED) is 0.612. The largest absolute Gasteiger partial charge is 0.352 e. The second-order valence-electron chi connectivity index (χ2n) is 4.49. The fourth-order valence-corrected chi connectivity index (χ4v) is 1.83. The summed E-state index contributed by atoms with van der Waals surface area (Å²) in [5.41, 5.74) is 0.998. The van der Waals surface area contributed by atoms with Crippen molar-refractivity contribution >= 4 is 11.6 Å². The minimum Gasteiger partial charge on any atom is -0.352 e. The Bertz CT molecular complexity index is 483. The molecule has 1 aromatic carbocycles. The fraction of sp³-hybridized carbons (Fsp3) is 0.417. The van der Waals surface area contributed by atoms with Gasteiger partial charge in [-0.25, -0.2) is 0 Å². The summed E-state index contributed by atoms with van der Waals surface area (Å²) in [4.78, 5) is 22.0. The van der Waals surface area contributed by atoms with Crippen molar-refractivity contribution in [3.05, 3.63) is 39.4 Å². The number of amides is 1. The minimum absolute atomic E-state index is 0.0368. The molecule has 0 saturated carbocycles. The van der Waals surface area contributed by atoms with E-state index >= 15 is 0 Å². The molecule has 0 bridgehead atoms. The summed E-state index contributed by atoms with van der Waals surface area (Å²) >= 11 is 0. The average molecular weight is 249 g/mol. The highest BCUT2D eigenvalue weighted by molar-refractivity contribution is 5.94. The number of nitrogens with zero attached hydrogens (tertiary/aromatic N) is 1. The van der Waals surface area contributed by atoms with E-state index in [1.165, 1.54) is 12.1 Å². The molecule has 1 aliphatic heterocycles. The Morgan fingerprint density at radius 3 is 2.78 bits per heavy atom. The number of aryl methyl sites for hydroxylation is 1. The van der Waals surface area contributed by atoms with E-state index in [-0.39, 0.29) is 11.6 Å². The third kappa shape index (κ3) is 2.65. The van der Waals surface area contributed by atoms with Gasteiger partial charge in [0.05, 0.1) is 4.92 Å². The van der Waals surface area contributed by atoms with Crippen molar-refractivity contribution in [3.8, 4) is 0 Å². The Kier molecular flexibility index (Phi) is 3.57. The maximum Gasteiger partial charge on any atom is 0.272 e. The zero-order valence-electron chi connectivity index (χ0n) is 10.1. The molecule has 0 spiro atoms. The highest BCUT2D eigenvalue weighted by Crippen LogP contribution is 2.18. The van der Waals surface area contributed by atoms with Gasteiger partial charge in [-0.05, 0) is 19.1 Å². The van der Waals surface area contributed by atoms with Gasteiger partial charge in [0, 0.05) is 42.7 Å². The van der Waals surface area contributed by atoms with Crippen LogP contribution in [0.3, 0.4) is 0 Å². The first kappa shape index (κ1) is 12.5. The molecule has 1 aromatic rings. The van der Waals surface area contributed by atoms with E-state index in [0.29, 0.717) is 23.6 Å². The SMILES string of the molecule is Cc1cc(C(=O)NCC2CNC2)ccc1[N+](=O)[O-].